The lowest BCUT2D eigenvalue weighted by atomic mass is 10.1. The number of hydrogen-bond acceptors (Lipinski definition) is 3. The van der Waals surface area contributed by atoms with Gasteiger partial charge in [-0.25, -0.2) is 4.39 Å². The van der Waals surface area contributed by atoms with Gasteiger partial charge in [-0.1, -0.05) is 6.07 Å². The summed E-state index contributed by atoms with van der Waals surface area (Å²) in [5.74, 6) is -1.16. The second kappa shape index (κ2) is 6.01. The van der Waals surface area contributed by atoms with E-state index in [1.165, 1.54) is 24.4 Å². The van der Waals surface area contributed by atoms with Crippen molar-refractivity contribution in [2.24, 2.45) is 0 Å². The lowest BCUT2D eigenvalue weighted by Crippen LogP contribution is -2.28. The van der Waals surface area contributed by atoms with Gasteiger partial charge in [0.15, 0.2) is 5.43 Å². The Morgan fingerprint density at radius 1 is 1.43 bits per heavy atom. The minimum atomic E-state index is -0.583. The van der Waals surface area contributed by atoms with Crippen LogP contribution in [0.4, 0.5) is 4.39 Å². The van der Waals surface area contributed by atoms with Gasteiger partial charge in [0, 0.05) is 30.1 Å². The van der Waals surface area contributed by atoms with E-state index in [1.54, 1.807) is 6.92 Å². The summed E-state index contributed by atoms with van der Waals surface area (Å²) in [5, 5.41) is 11.1. The Balaban J connectivity index is 2.11. The van der Waals surface area contributed by atoms with Crippen molar-refractivity contribution >= 4 is 5.91 Å². The molecule has 2 aromatic rings. The van der Waals surface area contributed by atoms with Gasteiger partial charge in [-0.2, -0.15) is 5.26 Å². The van der Waals surface area contributed by atoms with Gasteiger partial charge in [0.2, 0.25) is 0 Å². The molecular weight excluding hydrogens is 273 g/mol. The van der Waals surface area contributed by atoms with Crippen molar-refractivity contribution in [3.05, 3.63) is 68.9 Å². The van der Waals surface area contributed by atoms with Crippen LogP contribution in [-0.2, 0) is 6.54 Å². The van der Waals surface area contributed by atoms with Crippen molar-refractivity contribution in [1.29, 1.82) is 5.26 Å². The molecule has 0 unspecified atom stereocenters. The Morgan fingerprint density at radius 3 is 2.81 bits per heavy atom. The number of amides is 1. The van der Waals surface area contributed by atoms with E-state index < -0.39 is 17.2 Å². The van der Waals surface area contributed by atoms with Crippen LogP contribution in [0.5, 0.6) is 0 Å². The summed E-state index contributed by atoms with van der Waals surface area (Å²) in [7, 11) is 0. The SMILES string of the molecule is Cc1cc(=O)c(C(=O)NCc2ccc(C#N)cc2F)c[nH]1. The molecule has 0 aliphatic heterocycles. The number of aromatic amines is 1. The predicted octanol–water partition coefficient (Wildman–Crippen LogP) is 1.62. The Labute approximate surface area is 120 Å². The summed E-state index contributed by atoms with van der Waals surface area (Å²) in [6.07, 6.45) is 1.32. The molecule has 0 spiro atoms. The highest BCUT2D eigenvalue weighted by molar-refractivity contribution is 5.93. The maximum absolute atomic E-state index is 13.7. The van der Waals surface area contributed by atoms with Gasteiger partial charge in [0.1, 0.15) is 11.4 Å². The number of nitrogens with zero attached hydrogens (tertiary/aromatic N) is 1. The number of rotatable bonds is 3. The number of pyridine rings is 1. The number of halogens is 1. The second-order valence-electron chi connectivity index (χ2n) is 4.49. The first-order valence-corrected chi connectivity index (χ1v) is 6.17. The van der Waals surface area contributed by atoms with Crippen LogP contribution >= 0.6 is 0 Å². The van der Waals surface area contributed by atoms with Gasteiger partial charge < -0.3 is 10.3 Å². The fraction of sp³-hybridized carbons (Fsp3) is 0.133. The van der Waals surface area contributed by atoms with Crippen molar-refractivity contribution in [3.63, 3.8) is 0 Å². The molecule has 0 atom stereocenters. The van der Waals surface area contributed by atoms with Crippen molar-refractivity contribution < 1.29 is 9.18 Å². The minimum Gasteiger partial charge on any atom is -0.364 e. The number of hydrogen-bond donors (Lipinski definition) is 2. The monoisotopic (exact) mass is 285 g/mol. The third-order valence-electron chi connectivity index (χ3n) is 2.92. The maximum atomic E-state index is 13.7. The average Bonchev–Trinajstić information content (AvgIpc) is 2.45. The topological polar surface area (TPSA) is 85.8 Å². The molecule has 0 fully saturated rings. The Morgan fingerprint density at radius 2 is 2.19 bits per heavy atom. The van der Waals surface area contributed by atoms with Crippen LogP contribution in [0.15, 0.2) is 35.3 Å². The highest BCUT2D eigenvalue weighted by Crippen LogP contribution is 2.09. The Kier molecular flexibility index (Phi) is 4.14. The molecule has 1 amide bonds. The van der Waals surface area contributed by atoms with Crippen molar-refractivity contribution in [2.75, 3.05) is 0 Å². The first-order chi connectivity index (χ1) is 10.0. The largest absolute Gasteiger partial charge is 0.364 e. The number of nitrogens with one attached hydrogen (secondary N) is 2. The molecule has 0 aliphatic rings. The molecule has 0 aliphatic carbocycles. The van der Waals surface area contributed by atoms with E-state index in [0.717, 1.165) is 6.07 Å². The quantitative estimate of drug-likeness (QED) is 0.898. The zero-order chi connectivity index (χ0) is 15.4. The van der Waals surface area contributed by atoms with Crippen LogP contribution in [0, 0.1) is 24.1 Å². The van der Waals surface area contributed by atoms with Crippen LogP contribution in [0.2, 0.25) is 0 Å². The molecule has 0 saturated carbocycles. The molecule has 0 radical (unpaired) electrons. The summed E-state index contributed by atoms with van der Waals surface area (Å²) in [5.41, 5.74) is 0.664. The molecule has 21 heavy (non-hydrogen) atoms. The standard InChI is InChI=1S/C15H12FN3O2/c1-9-4-14(20)12(8-18-9)15(21)19-7-11-3-2-10(6-17)5-13(11)16/h2-5,8H,7H2,1H3,(H,18,20)(H,19,21). The lowest BCUT2D eigenvalue weighted by molar-refractivity contribution is 0.0949. The molecule has 2 rings (SSSR count). The van der Waals surface area contributed by atoms with E-state index >= 15 is 0 Å². The second-order valence-corrected chi connectivity index (χ2v) is 4.49. The number of aryl methyl sites for hydroxylation is 1. The number of H-pyrrole nitrogens is 1. The van der Waals surface area contributed by atoms with E-state index in [2.05, 4.69) is 10.3 Å². The van der Waals surface area contributed by atoms with Gasteiger partial charge in [-0.15, -0.1) is 0 Å². The van der Waals surface area contributed by atoms with E-state index in [9.17, 15) is 14.0 Å². The van der Waals surface area contributed by atoms with Gasteiger partial charge in [-0.05, 0) is 19.1 Å². The van der Waals surface area contributed by atoms with Crippen LogP contribution in [0.3, 0.4) is 0 Å². The normalized spacial score (nSPS) is 9.95. The van der Waals surface area contributed by atoms with Crippen molar-refractivity contribution in [1.82, 2.24) is 10.3 Å². The van der Waals surface area contributed by atoms with Gasteiger partial charge >= 0.3 is 0 Å². The molecule has 5 nitrogen and oxygen atoms in total. The fourth-order valence-corrected chi connectivity index (χ4v) is 1.78. The highest BCUT2D eigenvalue weighted by Gasteiger charge is 2.11. The maximum Gasteiger partial charge on any atom is 0.257 e. The zero-order valence-corrected chi connectivity index (χ0v) is 11.2. The summed E-state index contributed by atoms with van der Waals surface area (Å²) in [6.45, 7) is 1.64. The molecular formula is C15H12FN3O2. The van der Waals surface area contributed by atoms with Gasteiger partial charge in [-0.3, -0.25) is 9.59 Å². The van der Waals surface area contributed by atoms with Crippen LogP contribution < -0.4 is 10.7 Å². The van der Waals surface area contributed by atoms with Gasteiger partial charge in [0.25, 0.3) is 5.91 Å². The molecule has 2 N–H and O–H groups in total. The molecule has 1 heterocycles. The first kappa shape index (κ1) is 14.5. The van der Waals surface area contributed by atoms with E-state index in [1.807, 2.05) is 6.07 Å². The van der Waals surface area contributed by atoms with Crippen molar-refractivity contribution in [2.45, 2.75) is 13.5 Å². The summed E-state index contributed by atoms with van der Waals surface area (Å²) in [4.78, 5) is 26.3. The highest BCUT2D eigenvalue weighted by atomic mass is 19.1. The van der Waals surface area contributed by atoms with E-state index in [-0.39, 0.29) is 23.2 Å². The third kappa shape index (κ3) is 3.34. The molecule has 0 bridgehead atoms. The Hall–Kier alpha value is -2.94. The van der Waals surface area contributed by atoms with Crippen LogP contribution in [-0.4, -0.2) is 10.9 Å². The molecule has 6 heteroatoms. The number of carbonyl (C=O) groups is 1. The van der Waals surface area contributed by atoms with E-state index in [4.69, 9.17) is 5.26 Å². The molecule has 106 valence electrons. The number of benzene rings is 1. The van der Waals surface area contributed by atoms with Crippen LogP contribution in [0.25, 0.3) is 0 Å². The van der Waals surface area contributed by atoms with Crippen molar-refractivity contribution in [3.8, 4) is 6.07 Å². The third-order valence-corrected chi connectivity index (χ3v) is 2.92. The number of aromatic nitrogens is 1. The summed E-state index contributed by atoms with van der Waals surface area (Å²) < 4.78 is 13.7. The fourth-order valence-electron chi connectivity index (χ4n) is 1.78. The van der Waals surface area contributed by atoms with E-state index in [0.29, 0.717) is 5.69 Å². The first-order valence-electron chi connectivity index (χ1n) is 6.17. The summed E-state index contributed by atoms with van der Waals surface area (Å²) >= 11 is 0. The van der Waals surface area contributed by atoms with Crippen LogP contribution in [0.1, 0.15) is 27.2 Å². The minimum absolute atomic E-state index is 0.0327. The molecule has 1 aromatic carbocycles. The predicted molar refractivity (Wildman–Crippen MR) is 74.1 cm³/mol. The smallest absolute Gasteiger partial charge is 0.257 e. The zero-order valence-electron chi connectivity index (χ0n) is 11.2. The number of nitriles is 1. The van der Waals surface area contributed by atoms with Gasteiger partial charge in [0.05, 0.1) is 11.6 Å². The lowest BCUT2D eigenvalue weighted by Gasteiger charge is -2.06. The molecule has 0 saturated heterocycles. The Bertz CT molecular complexity index is 790. The number of carbonyl (C=O) groups excluding carboxylic acids is 1. The molecule has 1 aromatic heterocycles. The average molecular weight is 285 g/mol. The summed E-state index contributed by atoms with van der Waals surface area (Å²) in [6, 6.07) is 7.13.